The molecule has 3 heterocycles. The topological polar surface area (TPSA) is 111 Å². The molecule has 5 rings (SSSR count). The van der Waals surface area contributed by atoms with E-state index in [9.17, 15) is 36.4 Å². The standard InChI is InChI=1S/C30H28F6N8O2/c1-42(2)9-10-43(3)24-12-25(46-30(34,35)36)23(11-22(24)39-16-45)40-28-38-14-21(29(31,32)33)26(41-28)20-15-44-8-4-5-18-17(13-37)6-7-19(20)27(18)44/h6-7,11-12,14-16H,4-5,8-10H2,1-3H3,(H,39,45)(H,38,40,41). The van der Waals surface area contributed by atoms with Crippen molar-refractivity contribution >= 4 is 40.3 Å². The first-order valence-corrected chi connectivity index (χ1v) is 14.0. The third-order valence-corrected chi connectivity index (χ3v) is 7.52. The third kappa shape index (κ3) is 6.64. The molecule has 2 N–H and O–H groups in total. The predicted molar refractivity (Wildman–Crippen MR) is 159 cm³/mol. The zero-order chi connectivity index (χ0) is 33.4. The van der Waals surface area contributed by atoms with E-state index in [0.717, 1.165) is 17.7 Å². The maximum Gasteiger partial charge on any atom is 0.573 e. The zero-order valence-electron chi connectivity index (χ0n) is 24.8. The van der Waals surface area contributed by atoms with Crippen LogP contribution in [0.25, 0.3) is 22.2 Å². The van der Waals surface area contributed by atoms with E-state index in [0.29, 0.717) is 61.5 Å². The smallest absolute Gasteiger partial charge is 0.403 e. The molecule has 0 spiro atoms. The fourth-order valence-corrected chi connectivity index (χ4v) is 5.44. The Kier molecular flexibility index (Phi) is 8.72. The summed E-state index contributed by atoms with van der Waals surface area (Å²) in [4.78, 5) is 22.8. The first-order valence-electron chi connectivity index (χ1n) is 14.0. The van der Waals surface area contributed by atoms with Crippen LogP contribution in [-0.4, -0.2) is 66.4 Å². The van der Waals surface area contributed by atoms with Crippen LogP contribution in [0.5, 0.6) is 5.75 Å². The number of anilines is 4. The first-order chi connectivity index (χ1) is 21.7. The molecule has 0 unspecified atom stereocenters. The Balaban J connectivity index is 1.64. The highest BCUT2D eigenvalue weighted by molar-refractivity contribution is 5.99. The molecular formula is C30H28F6N8O2. The molecule has 0 radical (unpaired) electrons. The Bertz CT molecular complexity index is 1830. The van der Waals surface area contributed by atoms with Gasteiger partial charge in [-0.2, -0.15) is 18.4 Å². The van der Waals surface area contributed by atoms with E-state index in [1.807, 2.05) is 19.0 Å². The monoisotopic (exact) mass is 646 g/mol. The number of alkyl halides is 6. The second kappa shape index (κ2) is 12.4. The molecule has 2 aromatic carbocycles. The van der Waals surface area contributed by atoms with Crippen molar-refractivity contribution in [3.63, 3.8) is 0 Å². The zero-order valence-corrected chi connectivity index (χ0v) is 24.8. The lowest BCUT2D eigenvalue weighted by molar-refractivity contribution is -0.274. The average molecular weight is 647 g/mol. The number of carbonyl (C=O) groups is 1. The van der Waals surface area contributed by atoms with Gasteiger partial charge in [0, 0.05) is 56.1 Å². The van der Waals surface area contributed by atoms with Crippen LogP contribution in [0.3, 0.4) is 0 Å². The van der Waals surface area contributed by atoms with Crippen LogP contribution in [0.15, 0.2) is 36.7 Å². The highest BCUT2D eigenvalue weighted by Gasteiger charge is 2.37. The molecule has 16 heteroatoms. The minimum atomic E-state index is -5.13. The van der Waals surface area contributed by atoms with Crippen molar-refractivity contribution in [3.05, 3.63) is 53.3 Å². The highest BCUT2D eigenvalue weighted by Crippen LogP contribution is 2.43. The number of ether oxygens (including phenoxy) is 1. The summed E-state index contributed by atoms with van der Waals surface area (Å²) in [5, 5.41) is 15.0. The van der Waals surface area contributed by atoms with Crippen molar-refractivity contribution in [3.8, 4) is 23.1 Å². The number of aromatic nitrogens is 3. The fraction of sp³-hybridized carbons (Fsp3) is 0.333. The molecular weight excluding hydrogens is 618 g/mol. The van der Waals surface area contributed by atoms with Crippen molar-refractivity contribution in [2.45, 2.75) is 31.9 Å². The van der Waals surface area contributed by atoms with Crippen LogP contribution < -0.4 is 20.3 Å². The summed E-state index contributed by atoms with van der Waals surface area (Å²) >= 11 is 0. The second-order valence-corrected chi connectivity index (χ2v) is 10.9. The number of rotatable bonds is 10. The molecule has 0 atom stereocenters. The van der Waals surface area contributed by atoms with Gasteiger partial charge in [-0.15, -0.1) is 13.2 Å². The minimum absolute atomic E-state index is 0.0997. The first kappa shape index (κ1) is 32.4. The third-order valence-electron chi connectivity index (χ3n) is 7.52. The van der Waals surface area contributed by atoms with Gasteiger partial charge in [0.1, 0.15) is 5.56 Å². The summed E-state index contributed by atoms with van der Waals surface area (Å²) in [6.07, 6.45) is -6.33. The SMILES string of the molecule is CN(C)CCN(C)c1cc(OC(F)(F)F)c(Nc2ncc(C(F)(F)F)c(-c3cn4c5c(c(C#N)ccc35)CCC4)n2)cc1NC=O. The predicted octanol–water partition coefficient (Wildman–Crippen LogP) is 6.14. The largest absolute Gasteiger partial charge is 0.573 e. The quantitative estimate of drug-likeness (QED) is 0.156. The number of hydrogen-bond donors (Lipinski definition) is 2. The Morgan fingerprint density at radius 2 is 1.87 bits per heavy atom. The number of carbonyl (C=O) groups excluding carboxylic acids is 1. The Morgan fingerprint density at radius 1 is 1.11 bits per heavy atom. The Morgan fingerprint density at radius 3 is 2.52 bits per heavy atom. The van der Waals surface area contributed by atoms with Gasteiger partial charge in [0.15, 0.2) is 5.75 Å². The molecule has 4 aromatic rings. The van der Waals surface area contributed by atoms with E-state index in [1.54, 1.807) is 28.6 Å². The molecule has 0 aliphatic carbocycles. The van der Waals surface area contributed by atoms with Crippen LogP contribution in [0.2, 0.25) is 0 Å². The van der Waals surface area contributed by atoms with Crippen molar-refractivity contribution in [1.29, 1.82) is 5.26 Å². The highest BCUT2D eigenvalue weighted by atomic mass is 19.4. The van der Waals surface area contributed by atoms with Crippen molar-refractivity contribution in [2.24, 2.45) is 0 Å². The van der Waals surface area contributed by atoms with E-state index in [4.69, 9.17) is 0 Å². The minimum Gasteiger partial charge on any atom is -0.403 e. The summed E-state index contributed by atoms with van der Waals surface area (Å²) in [6, 6.07) is 7.44. The van der Waals surface area contributed by atoms with E-state index >= 15 is 0 Å². The van der Waals surface area contributed by atoms with Crippen molar-refractivity contribution < 1.29 is 35.9 Å². The summed E-state index contributed by atoms with van der Waals surface area (Å²) in [5.74, 6) is -1.18. The second-order valence-electron chi connectivity index (χ2n) is 10.9. The number of halogens is 6. The fourth-order valence-electron chi connectivity index (χ4n) is 5.44. The van der Waals surface area contributed by atoms with Crippen LogP contribution in [0, 0.1) is 11.3 Å². The van der Waals surface area contributed by atoms with Gasteiger partial charge in [0.2, 0.25) is 12.4 Å². The number of aryl methyl sites for hydroxylation is 2. The number of nitrogens with zero attached hydrogens (tertiary/aromatic N) is 6. The summed E-state index contributed by atoms with van der Waals surface area (Å²) in [7, 11) is 5.24. The normalized spacial score (nSPS) is 13.1. The number of nitrogens with one attached hydrogen (secondary N) is 2. The van der Waals surface area contributed by atoms with Gasteiger partial charge < -0.3 is 29.7 Å². The van der Waals surface area contributed by atoms with E-state index in [-0.39, 0.29) is 22.6 Å². The Labute approximate surface area is 259 Å². The lowest BCUT2D eigenvalue weighted by atomic mass is 9.96. The number of likely N-dealkylation sites (N-methyl/N-ethyl adjacent to an activating group) is 2. The average Bonchev–Trinajstić information content (AvgIpc) is 3.36. The maximum absolute atomic E-state index is 14.3. The van der Waals surface area contributed by atoms with Crippen LogP contribution in [0.1, 0.15) is 23.1 Å². The lowest BCUT2D eigenvalue weighted by Crippen LogP contribution is -2.29. The number of hydrogen-bond acceptors (Lipinski definition) is 8. The van der Waals surface area contributed by atoms with E-state index in [2.05, 4.69) is 31.4 Å². The van der Waals surface area contributed by atoms with Crippen molar-refractivity contribution in [1.82, 2.24) is 19.4 Å². The van der Waals surface area contributed by atoms with Crippen LogP contribution in [-0.2, 0) is 23.9 Å². The number of amides is 1. The van der Waals surface area contributed by atoms with Gasteiger partial charge in [0.25, 0.3) is 0 Å². The van der Waals surface area contributed by atoms with Gasteiger partial charge in [-0.1, -0.05) is 6.07 Å². The Hall–Kier alpha value is -5.04. The van der Waals surface area contributed by atoms with Gasteiger partial charge >= 0.3 is 12.5 Å². The molecule has 0 bridgehead atoms. The number of nitriles is 1. The van der Waals surface area contributed by atoms with Crippen LogP contribution in [0.4, 0.5) is 49.4 Å². The van der Waals surface area contributed by atoms with Crippen molar-refractivity contribution in [2.75, 3.05) is 49.8 Å². The maximum atomic E-state index is 14.3. The molecule has 0 saturated heterocycles. The van der Waals surface area contributed by atoms with Gasteiger partial charge in [-0.25, -0.2) is 9.97 Å². The molecule has 10 nitrogen and oxygen atoms in total. The molecule has 1 aliphatic rings. The van der Waals surface area contributed by atoms with E-state index < -0.39 is 35.5 Å². The van der Waals surface area contributed by atoms with Crippen LogP contribution >= 0.6 is 0 Å². The van der Waals surface area contributed by atoms with Gasteiger partial charge in [-0.3, -0.25) is 4.79 Å². The summed E-state index contributed by atoms with van der Waals surface area (Å²) < 4.78 is 89.4. The summed E-state index contributed by atoms with van der Waals surface area (Å²) in [5.41, 5.74) is 0.158. The molecule has 46 heavy (non-hydrogen) atoms. The lowest BCUT2D eigenvalue weighted by Gasteiger charge is -2.26. The molecule has 242 valence electrons. The summed E-state index contributed by atoms with van der Waals surface area (Å²) in [6.45, 7) is 1.41. The molecule has 2 aromatic heterocycles. The van der Waals surface area contributed by atoms with Gasteiger partial charge in [-0.05, 0) is 44.6 Å². The van der Waals surface area contributed by atoms with E-state index in [1.165, 1.54) is 6.20 Å². The molecule has 0 fully saturated rings. The van der Waals surface area contributed by atoms with Gasteiger partial charge in [0.05, 0.1) is 39.9 Å². The molecule has 0 saturated carbocycles. The molecule has 1 aliphatic heterocycles. The molecule has 1 amide bonds. The number of benzene rings is 2.